The number of nitrogens with one attached hydrogen (secondary N) is 1. The first kappa shape index (κ1) is 15.5. The number of hydrogen-bond donors (Lipinski definition) is 2. The molecule has 0 aliphatic rings. The van der Waals surface area contributed by atoms with E-state index < -0.39 is 12.0 Å². The number of benzene rings is 1. The van der Waals surface area contributed by atoms with Crippen LogP contribution >= 0.6 is 0 Å². The first-order valence-electron chi connectivity index (χ1n) is 6.37. The molecule has 0 amide bonds. The lowest BCUT2D eigenvalue weighted by molar-refractivity contribution is -0.139. The van der Waals surface area contributed by atoms with E-state index in [2.05, 4.69) is 26.1 Å². The van der Waals surface area contributed by atoms with E-state index in [0.29, 0.717) is 6.42 Å². The SMILES string of the molecule is CNC(Cc1ccc(OC)c(C(C)(C)C)c1)C(=O)O. The van der Waals surface area contributed by atoms with Gasteiger partial charge in [-0.1, -0.05) is 32.9 Å². The molecule has 0 heterocycles. The van der Waals surface area contributed by atoms with Gasteiger partial charge >= 0.3 is 5.97 Å². The van der Waals surface area contributed by atoms with E-state index in [1.54, 1.807) is 14.2 Å². The third-order valence-corrected chi connectivity index (χ3v) is 3.16. The quantitative estimate of drug-likeness (QED) is 0.857. The Bertz CT molecular complexity index is 449. The van der Waals surface area contributed by atoms with E-state index in [1.165, 1.54) is 0 Å². The van der Waals surface area contributed by atoms with Crippen LogP contribution in [0.3, 0.4) is 0 Å². The van der Waals surface area contributed by atoms with Crippen molar-refractivity contribution in [3.63, 3.8) is 0 Å². The van der Waals surface area contributed by atoms with Crippen LogP contribution in [0.4, 0.5) is 0 Å². The Morgan fingerprint density at radius 3 is 2.47 bits per heavy atom. The van der Waals surface area contributed by atoms with Crippen molar-refractivity contribution < 1.29 is 14.6 Å². The summed E-state index contributed by atoms with van der Waals surface area (Å²) < 4.78 is 5.37. The Morgan fingerprint density at radius 1 is 1.42 bits per heavy atom. The molecule has 4 nitrogen and oxygen atoms in total. The Balaban J connectivity index is 3.08. The van der Waals surface area contributed by atoms with Crippen LogP contribution in [0.5, 0.6) is 5.75 Å². The van der Waals surface area contributed by atoms with Crippen LogP contribution in [0.1, 0.15) is 31.9 Å². The number of methoxy groups -OCH3 is 1. The van der Waals surface area contributed by atoms with E-state index >= 15 is 0 Å². The molecular formula is C15H23NO3. The second kappa shape index (κ2) is 6.06. The smallest absolute Gasteiger partial charge is 0.321 e. The van der Waals surface area contributed by atoms with Gasteiger partial charge in [-0.25, -0.2) is 0 Å². The fourth-order valence-electron chi connectivity index (χ4n) is 2.02. The minimum Gasteiger partial charge on any atom is -0.496 e. The van der Waals surface area contributed by atoms with Crippen LogP contribution in [0.25, 0.3) is 0 Å². The van der Waals surface area contributed by atoms with Crippen molar-refractivity contribution in [2.75, 3.05) is 14.2 Å². The van der Waals surface area contributed by atoms with Crippen LogP contribution in [0.2, 0.25) is 0 Å². The zero-order valence-corrected chi connectivity index (χ0v) is 12.3. The normalized spacial score (nSPS) is 13.1. The molecule has 0 spiro atoms. The molecule has 0 radical (unpaired) electrons. The standard InChI is InChI=1S/C15H23NO3/c1-15(2,3)11-8-10(6-7-13(11)19-5)9-12(16-4)14(17)18/h6-8,12,16H,9H2,1-5H3,(H,17,18). The molecule has 1 aromatic rings. The summed E-state index contributed by atoms with van der Waals surface area (Å²) in [6, 6.07) is 5.29. The van der Waals surface area contributed by atoms with Gasteiger partial charge in [-0.3, -0.25) is 4.79 Å². The van der Waals surface area contributed by atoms with Gasteiger partial charge in [0.1, 0.15) is 11.8 Å². The molecule has 19 heavy (non-hydrogen) atoms. The van der Waals surface area contributed by atoms with E-state index in [4.69, 9.17) is 9.84 Å². The molecule has 4 heteroatoms. The summed E-state index contributed by atoms with van der Waals surface area (Å²) in [5.41, 5.74) is 2.04. The topological polar surface area (TPSA) is 58.6 Å². The summed E-state index contributed by atoms with van der Waals surface area (Å²) in [5, 5.41) is 11.9. The van der Waals surface area contributed by atoms with Crippen molar-refractivity contribution in [2.24, 2.45) is 0 Å². The van der Waals surface area contributed by atoms with Crippen molar-refractivity contribution in [3.05, 3.63) is 29.3 Å². The number of ether oxygens (including phenoxy) is 1. The lowest BCUT2D eigenvalue weighted by Crippen LogP contribution is -2.35. The highest BCUT2D eigenvalue weighted by molar-refractivity contribution is 5.73. The molecule has 0 aliphatic carbocycles. The monoisotopic (exact) mass is 265 g/mol. The molecule has 1 rings (SSSR count). The van der Waals surface area contributed by atoms with Crippen LogP contribution in [0.15, 0.2) is 18.2 Å². The summed E-state index contributed by atoms with van der Waals surface area (Å²) in [4.78, 5) is 11.1. The van der Waals surface area contributed by atoms with E-state index in [1.807, 2.05) is 18.2 Å². The number of likely N-dealkylation sites (N-methyl/N-ethyl adjacent to an activating group) is 1. The average Bonchev–Trinajstić information content (AvgIpc) is 2.34. The summed E-state index contributed by atoms with van der Waals surface area (Å²) >= 11 is 0. The highest BCUT2D eigenvalue weighted by Gasteiger charge is 2.21. The van der Waals surface area contributed by atoms with Gasteiger partial charge in [0, 0.05) is 0 Å². The Labute approximate surface area is 114 Å². The summed E-state index contributed by atoms with van der Waals surface area (Å²) in [6.45, 7) is 6.34. The Kier molecular flexibility index (Phi) is 4.95. The molecule has 0 bridgehead atoms. The van der Waals surface area contributed by atoms with Crippen molar-refractivity contribution in [1.82, 2.24) is 5.32 Å². The van der Waals surface area contributed by atoms with Crippen LogP contribution < -0.4 is 10.1 Å². The number of carboxylic acid groups (broad SMARTS) is 1. The molecule has 0 fully saturated rings. The average molecular weight is 265 g/mol. The van der Waals surface area contributed by atoms with Gasteiger partial charge in [-0.15, -0.1) is 0 Å². The number of hydrogen-bond acceptors (Lipinski definition) is 3. The van der Waals surface area contributed by atoms with Gasteiger partial charge in [0.15, 0.2) is 0 Å². The lowest BCUT2D eigenvalue weighted by atomic mass is 9.84. The molecule has 2 N–H and O–H groups in total. The molecule has 0 aromatic heterocycles. The highest BCUT2D eigenvalue weighted by atomic mass is 16.5. The van der Waals surface area contributed by atoms with Crippen molar-refractivity contribution >= 4 is 5.97 Å². The van der Waals surface area contributed by atoms with Gasteiger partial charge in [0.25, 0.3) is 0 Å². The van der Waals surface area contributed by atoms with E-state index in [9.17, 15) is 4.79 Å². The van der Waals surface area contributed by atoms with Crippen molar-refractivity contribution in [2.45, 2.75) is 38.6 Å². The van der Waals surface area contributed by atoms with Gasteiger partial charge in [0.05, 0.1) is 7.11 Å². The number of aliphatic carboxylic acids is 1. The van der Waals surface area contributed by atoms with Crippen LogP contribution in [-0.4, -0.2) is 31.3 Å². The molecule has 1 aromatic carbocycles. The van der Waals surface area contributed by atoms with Gasteiger partial charge in [-0.2, -0.15) is 0 Å². The minimum atomic E-state index is -0.837. The highest BCUT2D eigenvalue weighted by Crippen LogP contribution is 2.32. The van der Waals surface area contributed by atoms with Gasteiger partial charge in [-0.05, 0) is 36.1 Å². The zero-order valence-electron chi connectivity index (χ0n) is 12.3. The maximum Gasteiger partial charge on any atom is 0.321 e. The predicted molar refractivity (Wildman–Crippen MR) is 75.9 cm³/mol. The molecule has 1 unspecified atom stereocenters. The van der Waals surface area contributed by atoms with Crippen molar-refractivity contribution in [3.8, 4) is 5.75 Å². The van der Waals surface area contributed by atoms with Gasteiger partial charge < -0.3 is 15.2 Å². The fourth-order valence-corrected chi connectivity index (χ4v) is 2.02. The fraction of sp³-hybridized carbons (Fsp3) is 0.533. The molecule has 0 aliphatic heterocycles. The summed E-state index contributed by atoms with van der Waals surface area (Å²) in [5.74, 6) is 0.00297. The Morgan fingerprint density at radius 2 is 2.05 bits per heavy atom. The third-order valence-electron chi connectivity index (χ3n) is 3.16. The first-order valence-corrected chi connectivity index (χ1v) is 6.37. The number of carboxylic acids is 1. The van der Waals surface area contributed by atoms with Crippen molar-refractivity contribution in [1.29, 1.82) is 0 Å². The predicted octanol–water partition coefficient (Wildman–Crippen LogP) is 2.21. The van der Waals surface area contributed by atoms with E-state index in [0.717, 1.165) is 16.9 Å². The summed E-state index contributed by atoms with van der Waals surface area (Å²) in [7, 11) is 3.31. The molecular weight excluding hydrogens is 242 g/mol. The van der Waals surface area contributed by atoms with E-state index in [-0.39, 0.29) is 5.41 Å². The maximum atomic E-state index is 11.1. The van der Waals surface area contributed by atoms with Crippen LogP contribution in [0, 0.1) is 0 Å². The second-order valence-electron chi connectivity index (χ2n) is 5.67. The molecule has 1 atom stereocenters. The third kappa shape index (κ3) is 3.96. The summed E-state index contributed by atoms with van der Waals surface area (Å²) in [6.07, 6.45) is 0.457. The van der Waals surface area contributed by atoms with Gasteiger partial charge in [0.2, 0.25) is 0 Å². The molecule has 0 saturated carbocycles. The lowest BCUT2D eigenvalue weighted by Gasteiger charge is -2.23. The maximum absolute atomic E-state index is 11.1. The second-order valence-corrected chi connectivity index (χ2v) is 5.67. The Hall–Kier alpha value is -1.55. The van der Waals surface area contributed by atoms with Crippen LogP contribution in [-0.2, 0) is 16.6 Å². The minimum absolute atomic E-state index is 0.0419. The largest absolute Gasteiger partial charge is 0.496 e. The number of carbonyl (C=O) groups is 1. The molecule has 0 saturated heterocycles. The first-order chi connectivity index (χ1) is 8.79. The molecule has 106 valence electrons. The number of rotatable bonds is 5. The zero-order chi connectivity index (χ0) is 14.6.